The number of aromatic nitrogens is 1. The lowest BCUT2D eigenvalue weighted by Crippen LogP contribution is -2.29. The summed E-state index contributed by atoms with van der Waals surface area (Å²) in [6, 6.07) is 18.7. The quantitative estimate of drug-likeness (QED) is 0.188. The molecule has 6 heteroatoms. The van der Waals surface area contributed by atoms with Gasteiger partial charge >= 0.3 is 5.91 Å². The van der Waals surface area contributed by atoms with Crippen molar-refractivity contribution in [1.82, 2.24) is 4.98 Å². The summed E-state index contributed by atoms with van der Waals surface area (Å²) in [4.78, 5) is 33.2. The standard InChI is InChI=1S/C30H28N2O3S/c1-16(2)20-9-11-21(12-10-20)26-25(27(33)22-14-17(3)6-8-19(22)5)28(34)29(35)32(26)30-31-23-13-7-18(4)15-24(23)36-30/h6-16,26,33H,1-5H3/b27-25+. The number of rotatable bonds is 4. The Kier molecular flexibility index (Phi) is 6.00. The van der Waals surface area contributed by atoms with Crippen LogP contribution in [0, 0.1) is 20.8 Å². The molecular formula is C30H28N2O3S. The van der Waals surface area contributed by atoms with Gasteiger partial charge in [-0.15, -0.1) is 0 Å². The second kappa shape index (κ2) is 9.03. The number of hydrogen-bond donors (Lipinski definition) is 1. The van der Waals surface area contributed by atoms with Crippen molar-refractivity contribution in [3.8, 4) is 0 Å². The zero-order valence-corrected chi connectivity index (χ0v) is 21.8. The molecule has 1 unspecified atom stereocenters. The molecule has 4 aromatic rings. The van der Waals surface area contributed by atoms with Crippen molar-refractivity contribution in [2.24, 2.45) is 0 Å². The zero-order valence-electron chi connectivity index (χ0n) is 21.0. The topological polar surface area (TPSA) is 70.5 Å². The molecule has 1 aromatic heterocycles. The van der Waals surface area contributed by atoms with Crippen LogP contribution in [0.2, 0.25) is 0 Å². The van der Waals surface area contributed by atoms with Crippen LogP contribution >= 0.6 is 11.3 Å². The van der Waals surface area contributed by atoms with Crippen molar-refractivity contribution in [3.05, 3.63) is 99.6 Å². The van der Waals surface area contributed by atoms with E-state index in [0.29, 0.717) is 16.6 Å². The molecular weight excluding hydrogens is 468 g/mol. The Hall–Kier alpha value is -3.77. The molecule has 1 atom stereocenters. The van der Waals surface area contributed by atoms with Gasteiger partial charge in [0.1, 0.15) is 5.76 Å². The van der Waals surface area contributed by atoms with Crippen LogP contribution in [0.3, 0.4) is 0 Å². The molecule has 1 fully saturated rings. The number of nitrogens with zero attached hydrogens (tertiary/aromatic N) is 2. The minimum Gasteiger partial charge on any atom is -0.507 e. The summed E-state index contributed by atoms with van der Waals surface area (Å²) in [5, 5.41) is 11.9. The maximum Gasteiger partial charge on any atom is 0.301 e. The first kappa shape index (κ1) is 23.9. The maximum absolute atomic E-state index is 13.5. The molecule has 0 bridgehead atoms. The Morgan fingerprint density at radius 3 is 2.31 bits per heavy atom. The predicted molar refractivity (Wildman–Crippen MR) is 146 cm³/mol. The van der Waals surface area contributed by atoms with Crippen LogP contribution in [0.1, 0.15) is 59.2 Å². The molecule has 0 spiro atoms. The number of amides is 1. The molecule has 5 nitrogen and oxygen atoms in total. The van der Waals surface area contributed by atoms with E-state index in [1.807, 2.05) is 81.4 Å². The van der Waals surface area contributed by atoms with Crippen LogP contribution < -0.4 is 4.90 Å². The lowest BCUT2D eigenvalue weighted by Gasteiger charge is -2.23. The van der Waals surface area contributed by atoms with Crippen molar-refractivity contribution in [2.75, 3.05) is 4.90 Å². The number of aliphatic hydroxyl groups excluding tert-OH is 1. The summed E-state index contributed by atoms with van der Waals surface area (Å²) in [5.41, 5.74) is 6.19. The number of carbonyl (C=O) groups excluding carboxylic acids is 2. The highest BCUT2D eigenvalue weighted by Gasteiger charge is 2.48. The highest BCUT2D eigenvalue weighted by molar-refractivity contribution is 7.22. The van der Waals surface area contributed by atoms with Gasteiger partial charge in [-0.1, -0.05) is 73.2 Å². The third kappa shape index (κ3) is 4.01. The minimum atomic E-state index is -0.784. The molecule has 1 aliphatic heterocycles. The summed E-state index contributed by atoms with van der Waals surface area (Å²) in [5.74, 6) is -1.21. The fourth-order valence-electron chi connectivity index (χ4n) is 4.67. The van der Waals surface area contributed by atoms with Crippen LogP contribution in [-0.2, 0) is 9.59 Å². The molecule has 0 saturated carbocycles. The van der Waals surface area contributed by atoms with Crippen molar-refractivity contribution in [1.29, 1.82) is 0 Å². The highest BCUT2D eigenvalue weighted by atomic mass is 32.1. The van der Waals surface area contributed by atoms with E-state index in [2.05, 4.69) is 13.8 Å². The lowest BCUT2D eigenvalue weighted by atomic mass is 9.92. The van der Waals surface area contributed by atoms with E-state index in [4.69, 9.17) is 4.98 Å². The molecule has 1 saturated heterocycles. The number of aliphatic hydroxyl groups is 1. The second-order valence-electron chi connectivity index (χ2n) is 9.78. The molecule has 3 aromatic carbocycles. The Bertz CT molecular complexity index is 1550. The Morgan fingerprint density at radius 2 is 1.61 bits per heavy atom. The summed E-state index contributed by atoms with van der Waals surface area (Å²) in [6.07, 6.45) is 0. The third-order valence-electron chi connectivity index (χ3n) is 6.75. The molecule has 1 amide bonds. The van der Waals surface area contributed by atoms with E-state index in [-0.39, 0.29) is 11.3 Å². The number of Topliss-reactive ketones (excluding diaryl/α,β-unsaturated/α-hetero) is 1. The molecule has 182 valence electrons. The predicted octanol–water partition coefficient (Wildman–Crippen LogP) is 6.97. The van der Waals surface area contributed by atoms with E-state index in [0.717, 1.165) is 38.0 Å². The van der Waals surface area contributed by atoms with Gasteiger partial charge in [0, 0.05) is 5.56 Å². The number of thiazole rings is 1. The first-order valence-corrected chi connectivity index (χ1v) is 12.8. The van der Waals surface area contributed by atoms with Gasteiger partial charge in [0.05, 0.1) is 21.8 Å². The van der Waals surface area contributed by atoms with E-state index in [1.165, 1.54) is 16.2 Å². The van der Waals surface area contributed by atoms with Gasteiger partial charge in [-0.05, 0) is 67.1 Å². The first-order chi connectivity index (χ1) is 17.2. The average Bonchev–Trinajstić information content (AvgIpc) is 3.38. The number of benzene rings is 3. The van der Waals surface area contributed by atoms with Gasteiger partial charge in [0.2, 0.25) is 0 Å². The summed E-state index contributed by atoms with van der Waals surface area (Å²) in [6.45, 7) is 10.0. The Labute approximate surface area is 214 Å². The van der Waals surface area contributed by atoms with Gasteiger partial charge in [-0.25, -0.2) is 4.98 Å². The van der Waals surface area contributed by atoms with Gasteiger partial charge in [0.15, 0.2) is 5.13 Å². The van der Waals surface area contributed by atoms with Gasteiger partial charge in [-0.2, -0.15) is 0 Å². The van der Waals surface area contributed by atoms with Crippen LogP contribution in [0.25, 0.3) is 16.0 Å². The second-order valence-corrected chi connectivity index (χ2v) is 10.8. The minimum absolute atomic E-state index is 0.0847. The Balaban J connectivity index is 1.74. The van der Waals surface area contributed by atoms with E-state index in [9.17, 15) is 14.7 Å². The molecule has 0 radical (unpaired) electrons. The van der Waals surface area contributed by atoms with Crippen LogP contribution in [-0.4, -0.2) is 21.8 Å². The number of ketones is 1. The SMILES string of the molecule is Cc1ccc(C)c(/C(O)=C2\C(=O)C(=O)N(c3nc4ccc(C)cc4s3)C2c2ccc(C(C)C)cc2)c1. The highest BCUT2D eigenvalue weighted by Crippen LogP contribution is 2.44. The number of hydrogen-bond acceptors (Lipinski definition) is 5. The smallest absolute Gasteiger partial charge is 0.301 e. The average molecular weight is 497 g/mol. The van der Waals surface area contributed by atoms with E-state index < -0.39 is 17.7 Å². The van der Waals surface area contributed by atoms with Crippen LogP contribution in [0.4, 0.5) is 5.13 Å². The molecule has 1 N–H and O–H groups in total. The lowest BCUT2D eigenvalue weighted by molar-refractivity contribution is -0.132. The molecule has 1 aliphatic rings. The maximum atomic E-state index is 13.5. The third-order valence-corrected chi connectivity index (χ3v) is 7.77. The monoisotopic (exact) mass is 496 g/mol. The fourth-order valence-corrected chi connectivity index (χ4v) is 5.76. The van der Waals surface area contributed by atoms with Crippen molar-refractivity contribution >= 4 is 44.1 Å². The van der Waals surface area contributed by atoms with Gasteiger partial charge in [-0.3, -0.25) is 14.5 Å². The van der Waals surface area contributed by atoms with Crippen molar-refractivity contribution < 1.29 is 14.7 Å². The van der Waals surface area contributed by atoms with Crippen LogP contribution in [0.5, 0.6) is 0 Å². The zero-order chi connectivity index (χ0) is 25.7. The largest absolute Gasteiger partial charge is 0.507 e. The number of carbonyl (C=O) groups is 2. The van der Waals surface area contributed by atoms with Crippen molar-refractivity contribution in [2.45, 2.75) is 46.6 Å². The normalized spacial score (nSPS) is 17.5. The molecule has 2 heterocycles. The van der Waals surface area contributed by atoms with Gasteiger partial charge < -0.3 is 5.11 Å². The number of anilines is 1. The summed E-state index contributed by atoms with van der Waals surface area (Å²) >= 11 is 1.37. The van der Waals surface area contributed by atoms with Crippen molar-refractivity contribution in [3.63, 3.8) is 0 Å². The first-order valence-electron chi connectivity index (χ1n) is 12.0. The van der Waals surface area contributed by atoms with E-state index >= 15 is 0 Å². The Morgan fingerprint density at radius 1 is 0.944 bits per heavy atom. The van der Waals surface area contributed by atoms with E-state index in [1.54, 1.807) is 0 Å². The molecule has 0 aliphatic carbocycles. The molecule has 5 rings (SSSR count). The summed E-state index contributed by atoms with van der Waals surface area (Å²) < 4.78 is 0.940. The summed E-state index contributed by atoms with van der Waals surface area (Å²) in [7, 11) is 0. The van der Waals surface area contributed by atoms with Crippen LogP contribution in [0.15, 0.2) is 66.2 Å². The fraction of sp³-hybridized carbons (Fsp3) is 0.233. The number of fused-ring (bicyclic) bond motifs is 1. The molecule has 36 heavy (non-hydrogen) atoms. The number of aryl methyl sites for hydroxylation is 3. The van der Waals surface area contributed by atoms with Gasteiger partial charge in [0.25, 0.3) is 5.78 Å².